The van der Waals surface area contributed by atoms with Crippen molar-refractivity contribution in [1.82, 2.24) is 5.01 Å². The van der Waals surface area contributed by atoms with E-state index >= 15 is 0 Å². The number of hydrazone groups is 1. The Morgan fingerprint density at radius 3 is 2.93 bits per heavy atom. The summed E-state index contributed by atoms with van der Waals surface area (Å²) in [6, 6.07) is 20.8. The quantitative estimate of drug-likeness (QED) is 0.612. The Morgan fingerprint density at radius 2 is 2.07 bits per heavy atom. The molecule has 2 aliphatic rings. The summed E-state index contributed by atoms with van der Waals surface area (Å²) in [5.41, 5.74) is 3.38. The number of hydrogen-bond donors (Lipinski definition) is 0. The highest BCUT2D eigenvalue weighted by molar-refractivity contribution is 7.12. The monoisotopic (exact) mass is 376 g/mol. The van der Waals surface area contributed by atoms with E-state index in [0.717, 1.165) is 29.2 Å². The van der Waals surface area contributed by atoms with Gasteiger partial charge in [0.15, 0.2) is 0 Å². The SMILES string of the molecule is CCOc1cccc([C@@H]2Oc3ccccc3[C@H]3CC(c4cccs4)=NN32)c1. The van der Waals surface area contributed by atoms with Gasteiger partial charge in [0, 0.05) is 17.5 Å². The van der Waals surface area contributed by atoms with E-state index in [1.165, 1.54) is 10.4 Å². The van der Waals surface area contributed by atoms with Gasteiger partial charge in [-0.15, -0.1) is 11.3 Å². The molecule has 0 saturated carbocycles. The minimum Gasteiger partial charge on any atom is -0.494 e. The van der Waals surface area contributed by atoms with Crippen LogP contribution in [0.3, 0.4) is 0 Å². The van der Waals surface area contributed by atoms with Gasteiger partial charge in [0.25, 0.3) is 0 Å². The van der Waals surface area contributed by atoms with E-state index in [0.29, 0.717) is 6.61 Å². The Hall–Kier alpha value is -2.79. The molecule has 5 rings (SSSR count). The number of rotatable bonds is 4. The normalized spacial score (nSPS) is 20.5. The predicted molar refractivity (Wildman–Crippen MR) is 107 cm³/mol. The fraction of sp³-hybridized carbons (Fsp3) is 0.227. The lowest BCUT2D eigenvalue weighted by Crippen LogP contribution is -2.33. The zero-order chi connectivity index (χ0) is 18.2. The van der Waals surface area contributed by atoms with Crippen LogP contribution < -0.4 is 9.47 Å². The second-order valence-electron chi connectivity index (χ2n) is 6.64. The smallest absolute Gasteiger partial charge is 0.214 e. The molecular weight excluding hydrogens is 356 g/mol. The number of fused-ring (bicyclic) bond motifs is 3. The van der Waals surface area contributed by atoms with Gasteiger partial charge in [0.1, 0.15) is 11.5 Å². The minimum absolute atomic E-state index is 0.188. The van der Waals surface area contributed by atoms with Gasteiger partial charge in [-0.1, -0.05) is 36.4 Å². The topological polar surface area (TPSA) is 34.1 Å². The van der Waals surface area contributed by atoms with E-state index in [1.807, 2.05) is 25.1 Å². The van der Waals surface area contributed by atoms with Crippen molar-refractivity contribution in [2.24, 2.45) is 5.10 Å². The van der Waals surface area contributed by atoms with Gasteiger partial charge >= 0.3 is 0 Å². The molecule has 0 unspecified atom stereocenters. The van der Waals surface area contributed by atoms with E-state index < -0.39 is 0 Å². The molecule has 27 heavy (non-hydrogen) atoms. The first-order valence-electron chi connectivity index (χ1n) is 9.21. The summed E-state index contributed by atoms with van der Waals surface area (Å²) in [6.45, 7) is 2.64. The van der Waals surface area contributed by atoms with Crippen LogP contribution in [0.25, 0.3) is 0 Å². The molecule has 136 valence electrons. The van der Waals surface area contributed by atoms with Crippen molar-refractivity contribution < 1.29 is 9.47 Å². The molecule has 3 heterocycles. The van der Waals surface area contributed by atoms with Crippen molar-refractivity contribution in [3.05, 3.63) is 82.0 Å². The van der Waals surface area contributed by atoms with E-state index in [2.05, 4.69) is 52.9 Å². The third kappa shape index (κ3) is 2.88. The predicted octanol–water partition coefficient (Wildman–Crippen LogP) is 5.39. The summed E-state index contributed by atoms with van der Waals surface area (Å²) in [5, 5.41) is 9.19. The molecule has 0 saturated heterocycles. The molecule has 4 nitrogen and oxygen atoms in total. The number of nitrogens with zero attached hydrogens (tertiary/aromatic N) is 2. The number of ether oxygens (including phenoxy) is 2. The molecule has 5 heteroatoms. The number of hydrogen-bond acceptors (Lipinski definition) is 5. The zero-order valence-electron chi connectivity index (χ0n) is 15.0. The Balaban J connectivity index is 1.58. The summed E-state index contributed by atoms with van der Waals surface area (Å²) in [6.07, 6.45) is 0.630. The fourth-order valence-electron chi connectivity index (χ4n) is 3.77. The van der Waals surface area contributed by atoms with Crippen molar-refractivity contribution in [2.45, 2.75) is 25.6 Å². The molecule has 1 aromatic heterocycles. The van der Waals surface area contributed by atoms with Gasteiger partial charge in [-0.2, -0.15) is 5.10 Å². The lowest BCUT2D eigenvalue weighted by atomic mass is 9.98. The Morgan fingerprint density at radius 1 is 1.15 bits per heavy atom. The standard InChI is InChI=1S/C22H20N2O2S/c1-2-25-16-8-5-7-15(13-16)22-24-19(17-9-3-4-10-20(17)26-22)14-18(23-24)21-11-6-12-27-21/h3-13,19,22H,2,14H2,1H3/t19-,22+/m1/s1. The molecule has 2 atom stereocenters. The molecule has 2 aromatic carbocycles. The first-order chi connectivity index (χ1) is 13.3. The van der Waals surface area contributed by atoms with Gasteiger partial charge in [0.05, 0.1) is 23.2 Å². The highest BCUT2D eigenvalue weighted by atomic mass is 32.1. The van der Waals surface area contributed by atoms with Crippen LogP contribution in [0, 0.1) is 0 Å². The van der Waals surface area contributed by atoms with Gasteiger partial charge in [-0.05, 0) is 36.6 Å². The number of para-hydroxylation sites is 1. The highest BCUT2D eigenvalue weighted by Crippen LogP contribution is 2.47. The average Bonchev–Trinajstić information content (AvgIpc) is 3.37. The van der Waals surface area contributed by atoms with Gasteiger partial charge in [-0.25, -0.2) is 5.01 Å². The second-order valence-corrected chi connectivity index (χ2v) is 7.59. The Bertz CT molecular complexity index is 983. The Labute approximate surface area is 162 Å². The van der Waals surface area contributed by atoms with Crippen molar-refractivity contribution >= 4 is 17.0 Å². The van der Waals surface area contributed by atoms with Crippen LogP contribution in [0.1, 0.15) is 41.6 Å². The summed E-state index contributed by atoms with van der Waals surface area (Å²) < 4.78 is 12.1. The average molecular weight is 376 g/mol. The minimum atomic E-state index is -0.261. The molecule has 0 N–H and O–H groups in total. The van der Waals surface area contributed by atoms with Crippen LogP contribution in [-0.4, -0.2) is 17.3 Å². The zero-order valence-corrected chi connectivity index (χ0v) is 15.9. The van der Waals surface area contributed by atoms with Gasteiger partial charge in [0.2, 0.25) is 6.23 Å². The van der Waals surface area contributed by atoms with E-state index in [4.69, 9.17) is 14.6 Å². The van der Waals surface area contributed by atoms with Crippen molar-refractivity contribution in [2.75, 3.05) is 6.61 Å². The highest BCUT2D eigenvalue weighted by Gasteiger charge is 2.41. The maximum atomic E-state index is 6.40. The lowest BCUT2D eigenvalue weighted by molar-refractivity contribution is -0.0191. The molecule has 0 bridgehead atoms. The molecule has 0 spiro atoms. The van der Waals surface area contributed by atoms with Crippen LogP contribution in [0.15, 0.2) is 71.1 Å². The third-order valence-corrected chi connectivity index (χ3v) is 5.88. The summed E-state index contributed by atoms with van der Waals surface area (Å²) >= 11 is 1.73. The Kier molecular flexibility index (Phi) is 4.09. The summed E-state index contributed by atoms with van der Waals surface area (Å²) in [7, 11) is 0. The first kappa shape index (κ1) is 16.4. The lowest BCUT2D eigenvalue weighted by Gasteiger charge is -2.38. The molecule has 0 amide bonds. The second kappa shape index (κ2) is 6.74. The number of benzene rings is 2. The maximum absolute atomic E-state index is 6.40. The number of thiophene rings is 1. The van der Waals surface area contributed by atoms with Crippen LogP contribution in [0.5, 0.6) is 11.5 Å². The first-order valence-corrected chi connectivity index (χ1v) is 10.1. The van der Waals surface area contributed by atoms with E-state index in [-0.39, 0.29) is 12.3 Å². The molecule has 0 radical (unpaired) electrons. The molecular formula is C22H20N2O2S. The summed E-state index contributed by atoms with van der Waals surface area (Å²) in [5.74, 6) is 1.80. The van der Waals surface area contributed by atoms with Crippen LogP contribution in [0.4, 0.5) is 0 Å². The molecule has 2 aliphatic heterocycles. The van der Waals surface area contributed by atoms with Crippen molar-refractivity contribution in [3.8, 4) is 11.5 Å². The fourth-order valence-corrected chi connectivity index (χ4v) is 4.49. The van der Waals surface area contributed by atoms with Gasteiger partial charge in [-0.3, -0.25) is 0 Å². The van der Waals surface area contributed by atoms with Gasteiger partial charge < -0.3 is 9.47 Å². The van der Waals surface area contributed by atoms with E-state index in [1.54, 1.807) is 11.3 Å². The maximum Gasteiger partial charge on any atom is 0.214 e. The van der Waals surface area contributed by atoms with Crippen LogP contribution in [0.2, 0.25) is 0 Å². The molecule has 3 aromatic rings. The molecule has 0 aliphatic carbocycles. The van der Waals surface area contributed by atoms with Crippen LogP contribution in [-0.2, 0) is 0 Å². The summed E-state index contributed by atoms with van der Waals surface area (Å²) in [4.78, 5) is 1.23. The van der Waals surface area contributed by atoms with E-state index in [9.17, 15) is 0 Å². The van der Waals surface area contributed by atoms with Crippen molar-refractivity contribution in [1.29, 1.82) is 0 Å². The third-order valence-electron chi connectivity index (χ3n) is 4.96. The van der Waals surface area contributed by atoms with Crippen LogP contribution >= 0.6 is 11.3 Å². The molecule has 0 fully saturated rings. The van der Waals surface area contributed by atoms with Crippen molar-refractivity contribution in [3.63, 3.8) is 0 Å². The largest absolute Gasteiger partial charge is 0.494 e.